The molecule has 2 amide bonds. The highest BCUT2D eigenvalue weighted by Gasteiger charge is 2.12. The Labute approximate surface area is 162 Å². The molecule has 0 saturated heterocycles. The van der Waals surface area contributed by atoms with Crippen LogP contribution in [-0.2, 0) is 29.5 Å². The van der Waals surface area contributed by atoms with Gasteiger partial charge in [0.25, 0.3) is 0 Å². The molecule has 140 valence electrons. The van der Waals surface area contributed by atoms with E-state index in [4.69, 9.17) is 0 Å². The molecule has 4 rings (SSSR count). The summed E-state index contributed by atoms with van der Waals surface area (Å²) in [5, 5.41) is 3.18. The first kappa shape index (κ1) is 17.8. The Morgan fingerprint density at radius 3 is 2.14 bits per heavy atom. The van der Waals surface area contributed by atoms with Crippen LogP contribution in [0.15, 0.2) is 72.9 Å². The molecule has 0 bridgehead atoms. The largest absolute Gasteiger partial charge is 0.350 e. The van der Waals surface area contributed by atoms with Crippen molar-refractivity contribution in [3.63, 3.8) is 0 Å². The summed E-state index contributed by atoms with van der Waals surface area (Å²) in [5.41, 5.74) is 7.98. The minimum absolute atomic E-state index is 0.204. The summed E-state index contributed by atoms with van der Waals surface area (Å²) >= 11 is 0. The van der Waals surface area contributed by atoms with Crippen LogP contribution in [0.5, 0.6) is 0 Å². The molecule has 0 aliphatic rings. The van der Waals surface area contributed by atoms with Gasteiger partial charge in [-0.1, -0.05) is 60.7 Å². The van der Waals surface area contributed by atoms with Crippen molar-refractivity contribution in [1.82, 2.24) is 15.4 Å². The maximum absolute atomic E-state index is 12.3. The number of aromatic nitrogens is 1. The second kappa shape index (κ2) is 7.56. The van der Waals surface area contributed by atoms with Gasteiger partial charge in [0, 0.05) is 24.1 Å². The van der Waals surface area contributed by atoms with Crippen molar-refractivity contribution in [1.29, 1.82) is 0 Å². The lowest BCUT2D eigenvalue weighted by Crippen LogP contribution is -2.43. The molecule has 0 aliphatic heterocycles. The Morgan fingerprint density at radius 2 is 1.36 bits per heavy atom. The average molecular weight is 371 g/mol. The predicted molar refractivity (Wildman–Crippen MR) is 111 cm³/mol. The molecule has 4 aromatic rings. The standard InChI is InChI=1S/C23H21N3O2/c1-26-15-18(20-11-4-5-12-21(20)26)14-23(28)25-24-22(27)13-17-9-6-8-16-7-2-3-10-19(16)17/h2-12,15H,13-14H2,1H3,(H,24,27)(H,25,28). The first-order valence-electron chi connectivity index (χ1n) is 9.19. The van der Waals surface area contributed by atoms with E-state index in [1.807, 2.05) is 84.5 Å². The smallest absolute Gasteiger partial charge is 0.242 e. The van der Waals surface area contributed by atoms with Crippen molar-refractivity contribution in [3.8, 4) is 0 Å². The predicted octanol–water partition coefficient (Wildman–Crippen LogP) is 3.26. The molecule has 0 aliphatic carbocycles. The monoisotopic (exact) mass is 371 g/mol. The zero-order valence-corrected chi connectivity index (χ0v) is 15.6. The van der Waals surface area contributed by atoms with Crippen molar-refractivity contribution in [2.24, 2.45) is 7.05 Å². The molecule has 1 heterocycles. The molecule has 28 heavy (non-hydrogen) atoms. The number of rotatable bonds is 4. The lowest BCUT2D eigenvalue weighted by Gasteiger charge is -2.09. The van der Waals surface area contributed by atoms with Crippen LogP contribution in [0.3, 0.4) is 0 Å². The Balaban J connectivity index is 1.38. The van der Waals surface area contributed by atoms with Crippen LogP contribution in [0.25, 0.3) is 21.7 Å². The molecule has 0 radical (unpaired) electrons. The summed E-state index contributed by atoms with van der Waals surface area (Å²) in [7, 11) is 1.95. The number of carbonyl (C=O) groups excluding carboxylic acids is 2. The van der Waals surface area contributed by atoms with Gasteiger partial charge in [-0.3, -0.25) is 20.4 Å². The highest BCUT2D eigenvalue weighted by molar-refractivity contribution is 5.92. The van der Waals surface area contributed by atoms with Crippen molar-refractivity contribution in [3.05, 3.63) is 84.1 Å². The molecule has 1 aromatic heterocycles. The van der Waals surface area contributed by atoms with Crippen LogP contribution < -0.4 is 10.9 Å². The topological polar surface area (TPSA) is 63.1 Å². The van der Waals surface area contributed by atoms with E-state index in [0.29, 0.717) is 0 Å². The number of hydrazine groups is 1. The van der Waals surface area contributed by atoms with Gasteiger partial charge >= 0.3 is 0 Å². The minimum atomic E-state index is -0.248. The quantitative estimate of drug-likeness (QED) is 0.541. The molecule has 0 saturated carbocycles. The Kier molecular flexibility index (Phi) is 4.81. The number of para-hydroxylation sites is 1. The van der Waals surface area contributed by atoms with Gasteiger partial charge in [0.05, 0.1) is 12.8 Å². The van der Waals surface area contributed by atoms with Crippen LogP contribution in [0.2, 0.25) is 0 Å². The molecule has 0 unspecified atom stereocenters. The maximum atomic E-state index is 12.3. The van der Waals surface area contributed by atoms with Crippen molar-refractivity contribution in [2.45, 2.75) is 12.8 Å². The number of nitrogens with one attached hydrogen (secondary N) is 2. The maximum Gasteiger partial charge on any atom is 0.242 e. The molecular formula is C23H21N3O2. The van der Waals surface area contributed by atoms with Crippen LogP contribution in [0.4, 0.5) is 0 Å². The van der Waals surface area contributed by atoms with Crippen LogP contribution in [0.1, 0.15) is 11.1 Å². The van der Waals surface area contributed by atoms with Crippen LogP contribution in [-0.4, -0.2) is 16.4 Å². The van der Waals surface area contributed by atoms with E-state index in [1.165, 1.54) is 0 Å². The van der Waals surface area contributed by atoms with E-state index in [9.17, 15) is 9.59 Å². The van der Waals surface area contributed by atoms with E-state index in [-0.39, 0.29) is 24.7 Å². The van der Waals surface area contributed by atoms with E-state index >= 15 is 0 Å². The van der Waals surface area contributed by atoms with Gasteiger partial charge in [-0.15, -0.1) is 0 Å². The fourth-order valence-electron chi connectivity index (χ4n) is 3.59. The molecule has 5 heteroatoms. The summed E-state index contributed by atoms with van der Waals surface area (Å²) in [5.74, 6) is -0.495. The first-order valence-corrected chi connectivity index (χ1v) is 9.19. The lowest BCUT2D eigenvalue weighted by molar-refractivity contribution is -0.128. The molecule has 5 nitrogen and oxygen atoms in total. The van der Waals surface area contributed by atoms with Crippen molar-refractivity contribution >= 4 is 33.5 Å². The normalized spacial score (nSPS) is 10.9. The van der Waals surface area contributed by atoms with Crippen molar-refractivity contribution < 1.29 is 9.59 Å². The summed E-state index contributed by atoms with van der Waals surface area (Å²) < 4.78 is 2.00. The number of fused-ring (bicyclic) bond motifs is 2. The second-order valence-electron chi connectivity index (χ2n) is 6.87. The Hall–Kier alpha value is -3.60. The Morgan fingerprint density at radius 1 is 0.750 bits per heavy atom. The average Bonchev–Trinajstić information content (AvgIpc) is 3.02. The number of hydrogen-bond donors (Lipinski definition) is 2. The third kappa shape index (κ3) is 3.60. The van der Waals surface area contributed by atoms with E-state index in [0.717, 1.165) is 32.8 Å². The number of nitrogens with zero attached hydrogens (tertiary/aromatic N) is 1. The van der Waals surface area contributed by atoms with Gasteiger partial charge in [-0.05, 0) is 28.0 Å². The number of hydrogen-bond acceptors (Lipinski definition) is 2. The summed E-state index contributed by atoms with van der Waals surface area (Å²) in [6.07, 6.45) is 2.36. The van der Waals surface area contributed by atoms with Gasteiger partial charge in [0.15, 0.2) is 0 Å². The van der Waals surface area contributed by atoms with E-state index in [2.05, 4.69) is 10.9 Å². The zero-order chi connectivity index (χ0) is 19.5. The number of carbonyl (C=O) groups is 2. The third-order valence-corrected chi connectivity index (χ3v) is 4.90. The van der Waals surface area contributed by atoms with Gasteiger partial charge in [0.1, 0.15) is 0 Å². The van der Waals surface area contributed by atoms with Gasteiger partial charge in [-0.2, -0.15) is 0 Å². The first-order chi connectivity index (χ1) is 13.6. The van der Waals surface area contributed by atoms with E-state index < -0.39 is 0 Å². The molecular weight excluding hydrogens is 350 g/mol. The summed E-state index contributed by atoms with van der Waals surface area (Å²) in [6.45, 7) is 0. The highest BCUT2D eigenvalue weighted by Crippen LogP contribution is 2.21. The third-order valence-electron chi connectivity index (χ3n) is 4.90. The molecule has 0 atom stereocenters. The molecule has 3 aromatic carbocycles. The fraction of sp³-hybridized carbons (Fsp3) is 0.130. The van der Waals surface area contributed by atoms with E-state index in [1.54, 1.807) is 0 Å². The minimum Gasteiger partial charge on any atom is -0.350 e. The molecule has 0 fully saturated rings. The number of aryl methyl sites for hydroxylation is 1. The molecule has 0 spiro atoms. The lowest BCUT2D eigenvalue weighted by atomic mass is 10.0. The molecule has 2 N–H and O–H groups in total. The zero-order valence-electron chi connectivity index (χ0n) is 15.6. The highest BCUT2D eigenvalue weighted by atomic mass is 16.2. The summed E-state index contributed by atoms with van der Waals surface area (Å²) in [4.78, 5) is 24.6. The number of benzene rings is 3. The summed E-state index contributed by atoms with van der Waals surface area (Å²) in [6, 6.07) is 21.8. The fourth-order valence-corrected chi connectivity index (χ4v) is 3.59. The second-order valence-corrected chi connectivity index (χ2v) is 6.87. The SMILES string of the molecule is Cn1cc(CC(=O)NNC(=O)Cc2cccc3ccccc23)c2ccccc21. The Bertz CT molecular complexity index is 1170. The number of amides is 2. The van der Waals surface area contributed by atoms with Crippen molar-refractivity contribution in [2.75, 3.05) is 0 Å². The van der Waals surface area contributed by atoms with Gasteiger partial charge < -0.3 is 4.57 Å². The van der Waals surface area contributed by atoms with Crippen LogP contribution >= 0.6 is 0 Å². The van der Waals surface area contributed by atoms with Gasteiger partial charge in [-0.25, -0.2) is 0 Å². The van der Waals surface area contributed by atoms with Crippen LogP contribution in [0, 0.1) is 0 Å². The van der Waals surface area contributed by atoms with Gasteiger partial charge in [0.2, 0.25) is 11.8 Å².